The lowest BCUT2D eigenvalue weighted by atomic mass is 9.94. The minimum absolute atomic E-state index is 0.202. The summed E-state index contributed by atoms with van der Waals surface area (Å²) < 4.78 is 0. The molecule has 0 saturated carbocycles. The molecule has 2 nitrogen and oxygen atoms in total. The van der Waals surface area contributed by atoms with E-state index >= 15 is 0 Å². The lowest BCUT2D eigenvalue weighted by Gasteiger charge is -2.23. The van der Waals surface area contributed by atoms with Crippen LogP contribution in [0.5, 0.6) is 0 Å². The molecule has 0 aliphatic heterocycles. The van der Waals surface area contributed by atoms with Crippen LogP contribution in [0.3, 0.4) is 0 Å². The van der Waals surface area contributed by atoms with E-state index in [1.54, 1.807) is 0 Å². The maximum Gasteiger partial charge on any atom is 0.0474 e. The van der Waals surface area contributed by atoms with Gasteiger partial charge in [0.2, 0.25) is 0 Å². The second-order valence-corrected chi connectivity index (χ2v) is 7.12. The van der Waals surface area contributed by atoms with E-state index in [-0.39, 0.29) is 12.5 Å². The zero-order valence-electron chi connectivity index (χ0n) is 15.8. The van der Waals surface area contributed by atoms with Gasteiger partial charge >= 0.3 is 0 Å². The first-order valence-electron chi connectivity index (χ1n) is 9.59. The maximum absolute atomic E-state index is 9.87. The highest BCUT2D eigenvalue weighted by Gasteiger charge is 2.15. The molecule has 0 bridgehead atoms. The smallest absolute Gasteiger partial charge is 0.0474 e. The van der Waals surface area contributed by atoms with Gasteiger partial charge in [-0.3, -0.25) is 0 Å². The molecule has 0 aliphatic carbocycles. The Bertz CT molecular complexity index is 837. The Balaban J connectivity index is 1.72. The minimum atomic E-state index is 0.202. The Hall–Kier alpha value is -2.16. The van der Waals surface area contributed by atoms with Gasteiger partial charge in [0.15, 0.2) is 0 Å². The SMILES string of the molecule is CCC(NCC(CO)Cc1ccccc1C)c1cccc2ccccc12. The molecule has 0 aliphatic rings. The Morgan fingerprint density at radius 3 is 2.42 bits per heavy atom. The van der Waals surface area contributed by atoms with Crippen LogP contribution in [0.2, 0.25) is 0 Å². The van der Waals surface area contributed by atoms with Crippen LogP contribution in [0.4, 0.5) is 0 Å². The van der Waals surface area contributed by atoms with Gasteiger partial charge in [-0.25, -0.2) is 0 Å². The third kappa shape index (κ3) is 4.32. The molecule has 3 rings (SSSR count). The fourth-order valence-electron chi connectivity index (χ4n) is 3.69. The van der Waals surface area contributed by atoms with E-state index in [1.807, 2.05) is 0 Å². The quantitative estimate of drug-likeness (QED) is 0.598. The molecule has 2 N–H and O–H groups in total. The van der Waals surface area contributed by atoms with E-state index in [1.165, 1.54) is 27.5 Å². The number of aliphatic hydroxyl groups excluding tert-OH is 1. The second kappa shape index (κ2) is 8.98. The topological polar surface area (TPSA) is 32.3 Å². The van der Waals surface area contributed by atoms with Crippen molar-refractivity contribution in [2.45, 2.75) is 32.7 Å². The molecule has 136 valence electrons. The van der Waals surface area contributed by atoms with E-state index in [0.29, 0.717) is 6.04 Å². The number of fused-ring (bicyclic) bond motifs is 1. The molecule has 0 fully saturated rings. The van der Waals surface area contributed by atoms with Crippen molar-refractivity contribution in [3.05, 3.63) is 83.4 Å². The molecule has 3 aromatic carbocycles. The standard InChI is InChI=1S/C24H29NO/c1-3-24(23-14-8-12-20-10-6-7-13-22(20)23)25-16-19(17-26)15-21-11-5-4-9-18(21)2/h4-14,19,24-26H,3,15-17H2,1-2H3. The molecular weight excluding hydrogens is 318 g/mol. The van der Waals surface area contributed by atoms with Crippen LogP contribution in [-0.2, 0) is 6.42 Å². The molecule has 3 aromatic rings. The van der Waals surface area contributed by atoms with Gasteiger partial charge in [0.1, 0.15) is 0 Å². The zero-order valence-corrected chi connectivity index (χ0v) is 15.8. The molecule has 2 atom stereocenters. The summed E-state index contributed by atoms with van der Waals surface area (Å²) in [6.45, 7) is 5.37. The highest BCUT2D eigenvalue weighted by atomic mass is 16.3. The predicted octanol–water partition coefficient (Wildman–Crippen LogP) is 5.04. The van der Waals surface area contributed by atoms with Gasteiger partial charge in [0.05, 0.1) is 0 Å². The summed E-state index contributed by atoms with van der Waals surface area (Å²) in [4.78, 5) is 0. The third-order valence-corrected chi connectivity index (χ3v) is 5.29. The number of aliphatic hydroxyl groups is 1. The summed E-state index contributed by atoms with van der Waals surface area (Å²) in [5.74, 6) is 0.222. The first kappa shape index (κ1) is 18.6. The average Bonchev–Trinajstić information content (AvgIpc) is 2.69. The molecule has 0 amide bonds. The Morgan fingerprint density at radius 2 is 1.65 bits per heavy atom. The van der Waals surface area contributed by atoms with Gasteiger partial charge in [-0.15, -0.1) is 0 Å². The first-order chi connectivity index (χ1) is 12.7. The summed E-state index contributed by atoms with van der Waals surface area (Å²) in [7, 11) is 0. The Kier molecular flexibility index (Phi) is 6.43. The van der Waals surface area contributed by atoms with Crippen molar-refractivity contribution in [3.63, 3.8) is 0 Å². The van der Waals surface area contributed by atoms with Crippen molar-refractivity contribution in [1.29, 1.82) is 0 Å². The number of aryl methyl sites for hydroxylation is 1. The molecule has 0 radical (unpaired) electrons. The summed E-state index contributed by atoms with van der Waals surface area (Å²) in [5.41, 5.74) is 3.97. The third-order valence-electron chi connectivity index (χ3n) is 5.29. The summed E-state index contributed by atoms with van der Waals surface area (Å²) in [5, 5.41) is 16.2. The fourth-order valence-corrected chi connectivity index (χ4v) is 3.69. The largest absolute Gasteiger partial charge is 0.396 e. The number of nitrogens with one attached hydrogen (secondary N) is 1. The van der Waals surface area contributed by atoms with Crippen molar-refractivity contribution in [3.8, 4) is 0 Å². The van der Waals surface area contributed by atoms with Crippen LogP contribution in [0.15, 0.2) is 66.7 Å². The molecule has 2 heteroatoms. The molecule has 0 saturated heterocycles. The summed E-state index contributed by atoms with van der Waals surface area (Å²) in [6, 6.07) is 23.8. The lowest BCUT2D eigenvalue weighted by Crippen LogP contribution is -2.30. The van der Waals surface area contributed by atoms with Crippen LogP contribution < -0.4 is 5.32 Å². The van der Waals surface area contributed by atoms with Gasteiger partial charge in [0, 0.05) is 19.2 Å². The number of benzene rings is 3. The average molecular weight is 348 g/mol. The van der Waals surface area contributed by atoms with Crippen LogP contribution in [-0.4, -0.2) is 18.3 Å². The molecular formula is C24H29NO. The maximum atomic E-state index is 9.87. The van der Waals surface area contributed by atoms with E-state index in [4.69, 9.17) is 0 Å². The van der Waals surface area contributed by atoms with Crippen molar-refractivity contribution >= 4 is 10.8 Å². The minimum Gasteiger partial charge on any atom is -0.396 e. The van der Waals surface area contributed by atoms with Crippen LogP contribution in [0.25, 0.3) is 10.8 Å². The summed E-state index contributed by atoms with van der Waals surface area (Å²) in [6.07, 6.45) is 1.93. The van der Waals surface area contributed by atoms with Crippen molar-refractivity contribution in [1.82, 2.24) is 5.32 Å². The van der Waals surface area contributed by atoms with Gasteiger partial charge in [-0.05, 0) is 53.1 Å². The number of rotatable bonds is 8. The van der Waals surface area contributed by atoms with Crippen molar-refractivity contribution in [2.24, 2.45) is 5.92 Å². The van der Waals surface area contributed by atoms with Crippen LogP contribution >= 0.6 is 0 Å². The summed E-state index contributed by atoms with van der Waals surface area (Å²) >= 11 is 0. The normalized spacial score (nSPS) is 13.7. The van der Waals surface area contributed by atoms with E-state index < -0.39 is 0 Å². The van der Waals surface area contributed by atoms with Crippen LogP contribution in [0.1, 0.15) is 36.1 Å². The second-order valence-electron chi connectivity index (χ2n) is 7.12. The lowest BCUT2D eigenvalue weighted by molar-refractivity contribution is 0.217. The van der Waals surface area contributed by atoms with Crippen LogP contribution in [0, 0.1) is 12.8 Å². The molecule has 2 unspecified atom stereocenters. The monoisotopic (exact) mass is 347 g/mol. The Morgan fingerprint density at radius 1 is 0.923 bits per heavy atom. The fraction of sp³-hybridized carbons (Fsp3) is 0.333. The van der Waals surface area contributed by atoms with E-state index in [9.17, 15) is 5.11 Å². The number of hydrogen-bond donors (Lipinski definition) is 2. The van der Waals surface area contributed by atoms with Gasteiger partial charge in [-0.1, -0.05) is 73.7 Å². The molecule has 26 heavy (non-hydrogen) atoms. The van der Waals surface area contributed by atoms with Crippen molar-refractivity contribution < 1.29 is 5.11 Å². The molecule has 0 aromatic heterocycles. The van der Waals surface area contributed by atoms with Gasteiger partial charge in [-0.2, -0.15) is 0 Å². The highest BCUT2D eigenvalue weighted by molar-refractivity contribution is 5.86. The highest BCUT2D eigenvalue weighted by Crippen LogP contribution is 2.26. The zero-order chi connectivity index (χ0) is 18.4. The molecule has 0 heterocycles. The van der Waals surface area contributed by atoms with Crippen molar-refractivity contribution in [2.75, 3.05) is 13.2 Å². The van der Waals surface area contributed by atoms with E-state index in [2.05, 4.69) is 85.9 Å². The number of hydrogen-bond acceptors (Lipinski definition) is 2. The predicted molar refractivity (Wildman–Crippen MR) is 110 cm³/mol. The molecule has 0 spiro atoms. The van der Waals surface area contributed by atoms with E-state index in [0.717, 1.165) is 19.4 Å². The Labute approximate surface area is 156 Å². The van der Waals surface area contributed by atoms with Gasteiger partial charge in [0.25, 0.3) is 0 Å². The van der Waals surface area contributed by atoms with Gasteiger partial charge < -0.3 is 10.4 Å². The first-order valence-corrected chi connectivity index (χ1v) is 9.59.